The fourth-order valence-electron chi connectivity index (χ4n) is 3.72. The van der Waals surface area contributed by atoms with Gasteiger partial charge in [-0.1, -0.05) is 41.9 Å². The van der Waals surface area contributed by atoms with Crippen molar-refractivity contribution < 1.29 is 23.8 Å². The number of benzene rings is 3. The lowest BCUT2D eigenvalue weighted by molar-refractivity contribution is -0.123. The topological polar surface area (TPSA) is 65.1 Å². The van der Waals surface area contributed by atoms with E-state index in [9.17, 15) is 9.59 Å². The lowest BCUT2D eigenvalue weighted by Crippen LogP contribution is -2.27. The van der Waals surface area contributed by atoms with E-state index < -0.39 is 0 Å². The van der Waals surface area contributed by atoms with Crippen LogP contribution in [0.5, 0.6) is 17.2 Å². The second kappa shape index (κ2) is 8.41. The molecule has 0 bridgehead atoms. The molecule has 2 amide bonds. The lowest BCUT2D eigenvalue weighted by Gasteiger charge is -2.14. The Bertz CT molecular complexity index is 1290. The number of thioether (sulfide) groups is 1. The van der Waals surface area contributed by atoms with E-state index in [0.717, 1.165) is 28.1 Å². The molecule has 3 aromatic carbocycles. The van der Waals surface area contributed by atoms with Crippen molar-refractivity contribution in [3.63, 3.8) is 0 Å². The molecule has 1 saturated heterocycles. The smallest absolute Gasteiger partial charge is 0.293 e. The minimum atomic E-state index is -0.371. The van der Waals surface area contributed by atoms with Gasteiger partial charge < -0.3 is 14.2 Å². The van der Waals surface area contributed by atoms with Gasteiger partial charge in [-0.05, 0) is 53.2 Å². The summed E-state index contributed by atoms with van der Waals surface area (Å²) in [6.07, 6.45) is 1.74. The molecule has 0 atom stereocenters. The zero-order valence-electron chi connectivity index (χ0n) is 17.1. The molecule has 162 valence electrons. The number of hydrogen-bond donors (Lipinski definition) is 0. The SMILES string of the molecule is CCOc1ccc2ccccc2c1/C=C1/SC(=O)N(Cc2cc3c(cc2Cl)OCO3)C1=O. The summed E-state index contributed by atoms with van der Waals surface area (Å²) in [6, 6.07) is 15.1. The van der Waals surface area contributed by atoms with Crippen LogP contribution in [0.3, 0.4) is 0 Å². The normalized spacial score (nSPS) is 16.4. The maximum absolute atomic E-state index is 13.2. The van der Waals surface area contributed by atoms with Crippen LogP contribution in [0.2, 0.25) is 5.02 Å². The second-order valence-corrected chi connectivity index (χ2v) is 8.60. The van der Waals surface area contributed by atoms with Gasteiger partial charge in [-0.25, -0.2) is 0 Å². The standard InChI is InChI=1S/C24H18ClNO5S/c1-2-29-19-8-7-14-5-3-4-6-16(14)17(19)10-22-23(27)26(24(28)32-22)12-15-9-20-21(11-18(15)25)31-13-30-20/h3-11H,2,12-13H2,1H3/b22-10+. The van der Waals surface area contributed by atoms with E-state index in [1.54, 1.807) is 18.2 Å². The summed E-state index contributed by atoms with van der Waals surface area (Å²) >= 11 is 7.25. The molecule has 0 saturated carbocycles. The Labute approximate surface area is 193 Å². The van der Waals surface area contributed by atoms with Gasteiger partial charge in [-0.15, -0.1) is 0 Å². The number of imide groups is 1. The molecule has 5 rings (SSSR count). The highest BCUT2D eigenvalue weighted by molar-refractivity contribution is 8.18. The summed E-state index contributed by atoms with van der Waals surface area (Å²) in [6.45, 7) is 2.56. The zero-order valence-corrected chi connectivity index (χ0v) is 18.7. The van der Waals surface area contributed by atoms with E-state index in [2.05, 4.69) is 0 Å². The third kappa shape index (κ3) is 3.67. The maximum atomic E-state index is 13.2. The Balaban J connectivity index is 1.49. The Morgan fingerprint density at radius 1 is 1.12 bits per heavy atom. The first kappa shape index (κ1) is 20.7. The fourth-order valence-corrected chi connectivity index (χ4v) is 4.76. The molecule has 0 spiro atoms. The van der Waals surface area contributed by atoms with Crippen molar-refractivity contribution in [3.8, 4) is 17.2 Å². The highest BCUT2D eigenvalue weighted by Gasteiger charge is 2.36. The van der Waals surface area contributed by atoms with Gasteiger partial charge in [-0.3, -0.25) is 14.5 Å². The molecule has 2 aliphatic rings. The van der Waals surface area contributed by atoms with Gasteiger partial charge in [0.25, 0.3) is 11.1 Å². The van der Waals surface area contributed by atoms with Gasteiger partial charge in [0.05, 0.1) is 18.1 Å². The molecule has 0 unspecified atom stereocenters. The van der Waals surface area contributed by atoms with Crippen LogP contribution in [-0.4, -0.2) is 29.4 Å². The Kier molecular flexibility index (Phi) is 5.45. The predicted molar refractivity (Wildman–Crippen MR) is 124 cm³/mol. The molecule has 0 aromatic heterocycles. The minimum Gasteiger partial charge on any atom is -0.493 e. The van der Waals surface area contributed by atoms with Crippen LogP contribution >= 0.6 is 23.4 Å². The van der Waals surface area contributed by atoms with Crippen LogP contribution in [-0.2, 0) is 11.3 Å². The minimum absolute atomic E-state index is 0.0470. The van der Waals surface area contributed by atoms with Crippen LogP contribution in [0, 0.1) is 0 Å². The Hall–Kier alpha value is -3.16. The maximum Gasteiger partial charge on any atom is 0.293 e. The average Bonchev–Trinajstić information content (AvgIpc) is 3.34. The van der Waals surface area contributed by atoms with Gasteiger partial charge in [0.2, 0.25) is 6.79 Å². The van der Waals surface area contributed by atoms with Crippen molar-refractivity contribution in [3.05, 3.63) is 69.6 Å². The van der Waals surface area contributed by atoms with Crippen molar-refractivity contribution in [1.29, 1.82) is 0 Å². The molecule has 0 N–H and O–H groups in total. The molecule has 1 fully saturated rings. The number of halogens is 1. The summed E-state index contributed by atoms with van der Waals surface area (Å²) < 4.78 is 16.5. The van der Waals surface area contributed by atoms with E-state index in [1.807, 2.05) is 43.3 Å². The van der Waals surface area contributed by atoms with Crippen molar-refractivity contribution >= 4 is 51.4 Å². The molecule has 8 heteroatoms. The monoisotopic (exact) mass is 467 g/mol. The van der Waals surface area contributed by atoms with Gasteiger partial charge in [0, 0.05) is 16.7 Å². The highest BCUT2D eigenvalue weighted by atomic mass is 35.5. The zero-order chi connectivity index (χ0) is 22.2. The number of amides is 2. The summed E-state index contributed by atoms with van der Waals surface area (Å²) in [5.41, 5.74) is 1.39. The number of hydrogen-bond acceptors (Lipinski definition) is 6. The Morgan fingerprint density at radius 2 is 1.91 bits per heavy atom. The number of carbonyl (C=O) groups excluding carboxylic acids is 2. The van der Waals surface area contributed by atoms with E-state index in [4.69, 9.17) is 25.8 Å². The fraction of sp³-hybridized carbons (Fsp3) is 0.167. The van der Waals surface area contributed by atoms with Crippen molar-refractivity contribution in [2.24, 2.45) is 0 Å². The molecule has 0 aliphatic carbocycles. The van der Waals surface area contributed by atoms with E-state index in [0.29, 0.717) is 39.3 Å². The van der Waals surface area contributed by atoms with Gasteiger partial charge in [0.1, 0.15) is 5.75 Å². The van der Waals surface area contributed by atoms with Crippen LogP contribution in [0.15, 0.2) is 53.4 Å². The second-order valence-electron chi connectivity index (χ2n) is 7.20. The quantitative estimate of drug-likeness (QED) is 0.438. The number of nitrogens with zero attached hydrogens (tertiary/aromatic N) is 1. The molecule has 2 heterocycles. The van der Waals surface area contributed by atoms with Crippen molar-refractivity contribution in [2.45, 2.75) is 13.5 Å². The largest absolute Gasteiger partial charge is 0.493 e. The summed E-state index contributed by atoms with van der Waals surface area (Å²) in [4.78, 5) is 27.4. The molecule has 32 heavy (non-hydrogen) atoms. The number of rotatable bonds is 5. The molecule has 0 radical (unpaired) electrons. The summed E-state index contributed by atoms with van der Waals surface area (Å²) in [5.74, 6) is 1.39. The number of ether oxygens (including phenoxy) is 3. The van der Waals surface area contributed by atoms with E-state index in [1.165, 1.54) is 4.90 Å². The van der Waals surface area contributed by atoms with Crippen LogP contribution in [0.1, 0.15) is 18.1 Å². The first-order chi connectivity index (χ1) is 15.5. The van der Waals surface area contributed by atoms with E-state index in [-0.39, 0.29) is 24.5 Å². The predicted octanol–water partition coefficient (Wildman–Crippen LogP) is 5.86. The van der Waals surface area contributed by atoms with E-state index >= 15 is 0 Å². The van der Waals surface area contributed by atoms with Crippen molar-refractivity contribution in [1.82, 2.24) is 4.90 Å². The molecule has 3 aromatic rings. The Morgan fingerprint density at radius 3 is 2.72 bits per heavy atom. The number of carbonyl (C=O) groups is 2. The summed E-state index contributed by atoms with van der Waals surface area (Å²) in [5, 5.41) is 2.02. The average molecular weight is 468 g/mol. The van der Waals surface area contributed by atoms with Crippen LogP contribution in [0.25, 0.3) is 16.8 Å². The molecular weight excluding hydrogens is 450 g/mol. The molecule has 6 nitrogen and oxygen atoms in total. The molecular formula is C24H18ClNO5S. The first-order valence-electron chi connectivity index (χ1n) is 10.0. The van der Waals surface area contributed by atoms with Crippen LogP contribution in [0.4, 0.5) is 4.79 Å². The van der Waals surface area contributed by atoms with Gasteiger partial charge >= 0.3 is 0 Å². The highest BCUT2D eigenvalue weighted by Crippen LogP contribution is 2.40. The first-order valence-corrected chi connectivity index (χ1v) is 11.2. The third-order valence-electron chi connectivity index (χ3n) is 5.25. The summed E-state index contributed by atoms with van der Waals surface area (Å²) in [7, 11) is 0. The van der Waals surface area contributed by atoms with Crippen LogP contribution < -0.4 is 14.2 Å². The van der Waals surface area contributed by atoms with Gasteiger partial charge in [0.15, 0.2) is 11.5 Å². The number of fused-ring (bicyclic) bond motifs is 2. The molecule has 2 aliphatic heterocycles. The van der Waals surface area contributed by atoms with Crippen molar-refractivity contribution in [2.75, 3.05) is 13.4 Å². The lowest BCUT2D eigenvalue weighted by atomic mass is 10.0. The third-order valence-corrected chi connectivity index (χ3v) is 6.51. The van der Waals surface area contributed by atoms with Gasteiger partial charge in [-0.2, -0.15) is 0 Å².